The normalized spacial score (nSPS) is 39.5. The van der Waals surface area contributed by atoms with Crippen molar-refractivity contribution < 1.29 is 28.6 Å². The van der Waals surface area contributed by atoms with E-state index in [0.717, 1.165) is 57.8 Å². The summed E-state index contributed by atoms with van der Waals surface area (Å²) in [6, 6.07) is 18.4. The number of carbonyl (C=O) groups is 3. The van der Waals surface area contributed by atoms with Gasteiger partial charge in [0.15, 0.2) is 0 Å². The zero-order valence-electron chi connectivity index (χ0n) is 31.9. The number of benzene rings is 2. The Morgan fingerprint density at radius 1 is 0.725 bits per heavy atom. The highest BCUT2D eigenvalue weighted by Crippen LogP contribution is 2.76. The summed E-state index contributed by atoms with van der Waals surface area (Å²) in [6.07, 6.45) is 11.6. The predicted octanol–water partition coefficient (Wildman–Crippen LogP) is 10.0. The molecule has 0 aliphatic heterocycles. The van der Waals surface area contributed by atoms with Crippen molar-refractivity contribution in [2.45, 2.75) is 112 Å². The number of hydrogen-bond donors (Lipinski definition) is 0. The molecule has 0 radical (unpaired) electrons. The van der Waals surface area contributed by atoms with E-state index in [1.54, 1.807) is 31.4 Å². The van der Waals surface area contributed by atoms with Crippen molar-refractivity contribution in [2.24, 2.45) is 50.2 Å². The van der Waals surface area contributed by atoms with E-state index < -0.39 is 10.8 Å². The minimum atomic E-state index is -0.575. The molecule has 274 valence electrons. The van der Waals surface area contributed by atoms with Crippen molar-refractivity contribution >= 4 is 17.9 Å². The largest absolute Gasteiger partial charge is 0.469 e. The second-order valence-electron chi connectivity index (χ2n) is 18.6. The van der Waals surface area contributed by atoms with Crippen LogP contribution in [0.1, 0.15) is 126 Å². The molecular weight excluding hydrogens is 636 g/mol. The van der Waals surface area contributed by atoms with E-state index in [1.165, 1.54) is 5.57 Å². The van der Waals surface area contributed by atoms with Gasteiger partial charge in [-0.2, -0.15) is 0 Å². The standard InChI is InChI=1S/C45H58O6/c1-40(2)24-26-45(39(48)49-7)27-25-43(5)32(33(45)28-40)18-19-35-41(3)22-21-36(51-38(47)31-16-12-9-13-17-31)42(4,34(41)20-23-44(35,43)6)29-50-37(46)30-14-10-8-11-15-30/h8-18,33-36H,19-29H2,1-7H3/t33-,34?,35-,36+,41+,42-,43-,44-,45+/m1/s1. The maximum absolute atomic E-state index is 13.7. The van der Waals surface area contributed by atoms with Crippen LogP contribution in [-0.2, 0) is 19.0 Å². The number of fused-ring (bicyclic) bond motifs is 7. The highest BCUT2D eigenvalue weighted by Gasteiger charge is 2.70. The van der Waals surface area contributed by atoms with Crippen molar-refractivity contribution in [2.75, 3.05) is 13.7 Å². The summed E-state index contributed by atoms with van der Waals surface area (Å²) in [4.78, 5) is 40.6. The summed E-state index contributed by atoms with van der Waals surface area (Å²) in [5.41, 5.74) is 1.68. The molecule has 0 amide bonds. The smallest absolute Gasteiger partial charge is 0.338 e. The van der Waals surface area contributed by atoms with E-state index in [0.29, 0.717) is 23.5 Å². The van der Waals surface area contributed by atoms with Crippen LogP contribution < -0.4 is 0 Å². The van der Waals surface area contributed by atoms with E-state index in [1.807, 2.05) is 36.4 Å². The molecule has 0 saturated heterocycles. The maximum Gasteiger partial charge on any atom is 0.338 e. The third-order valence-corrected chi connectivity index (χ3v) is 15.8. The van der Waals surface area contributed by atoms with Gasteiger partial charge in [-0.25, -0.2) is 9.59 Å². The quantitative estimate of drug-likeness (QED) is 0.170. The predicted molar refractivity (Wildman–Crippen MR) is 198 cm³/mol. The zero-order chi connectivity index (χ0) is 36.5. The Kier molecular flexibility index (Phi) is 8.90. The van der Waals surface area contributed by atoms with Gasteiger partial charge in [0, 0.05) is 5.41 Å². The highest BCUT2D eigenvalue weighted by atomic mass is 16.6. The minimum absolute atomic E-state index is 0.0157. The van der Waals surface area contributed by atoms with Gasteiger partial charge in [-0.1, -0.05) is 89.6 Å². The molecule has 6 heteroatoms. The Labute approximate surface area is 305 Å². The van der Waals surface area contributed by atoms with Crippen molar-refractivity contribution in [3.63, 3.8) is 0 Å². The zero-order valence-corrected chi connectivity index (χ0v) is 31.9. The first kappa shape index (κ1) is 36.0. The Hall–Kier alpha value is -3.41. The highest BCUT2D eigenvalue weighted by molar-refractivity contribution is 5.90. The summed E-state index contributed by atoms with van der Waals surface area (Å²) >= 11 is 0. The van der Waals surface area contributed by atoms with Gasteiger partial charge in [0.05, 0.1) is 23.7 Å². The lowest BCUT2D eigenvalue weighted by Gasteiger charge is -2.71. The van der Waals surface area contributed by atoms with E-state index in [9.17, 15) is 14.4 Å². The van der Waals surface area contributed by atoms with Crippen molar-refractivity contribution in [3.8, 4) is 0 Å². The van der Waals surface area contributed by atoms with Gasteiger partial charge in [-0.3, -0.25) is 4.79 Å². The minimum Gasteiger partial charge on any atom is -0.469 e. The van der Waals surface area contributed by atoms with Crippen molar-refractivity contribution in [1.82, 2.24) is 0 Å². The van der Waals surface area contributed by atoms with Crippen LogP contribution in [0.3, 0.4) is 0 Å². The molecule has 0 spiro atoms. The van der Waals surface area contributed by atoms with Gasteiger partial charge in [0.25, 0.3) is 0 Å². The van der Waals surface area contributed by atoms with Gasteiger partial charge in [-0.15, -0.1) is 0 Å². The molecule has 9 atom stereocenters. The lowest BCUT2D eigenvalue weighted by molar-refractivity contribution is -0.217. The number of hydrogen-bond acceptors (Lipinski definition) is 6. The van der Waals surface area contributed by atoms with Crippen LogP contribution >= 0.6 is 0 Å². The Morgan fingerprint density at radius 3 is 2.00 bits per heavy atom. The number of rotatable bonds is 6. The fourth-order valence-electron chi connectivity index (χ4n) is 12.6. The van der Waals surface area contributed by atoms with Gasteiger partial charge in [-0.05, 0) is 128 Å². The topological polar surface area (TPSA) is 78.9 Å². The molecule has 5 aliphatic rings. The van der Waals surface area contributed by atoms with E-state index in [2.05, 4.69) is 47.6 Å². The summed E-state index contributed by atoms with van der Waals surface area (Å²) in [5, 5.41) is 0. The monoisotopic (exact) mass is 694 g/mol. The van der Waals surface area contributed by atoms with Crippen LogP contribution in [0.4, 0.5) is 0 Å². The second kappa shape index (κ2) is 12.6. The molecule has 0 aromatic heterocycles. The summed E-state index contributed by atoms with van der Waals surface area (Å²) in [6.45, 7) is 14.7. The van der Waals surface area contributed by atoms with E-state index in [-0.39, 0.29) is 64.1 Å². The Balaban J connectivity index is 1.24. The Morgan fingerprint density at radius 2 is 1.35 bits per heavy atom. The summed E-state index contributed by atoms with van der Waals surface area (Å²) < 4.78 is 18.2. The number of esters is 3. The first-order valence-corrected chi connectivity index (χ1v) is 19.4. The van der Waals surface area contributed by atoms with Crippen LogP contribution in [0.5, 0.6) is 0 Å². The average Bonchev–Trinajstić information content (AvgIpc) is 3.12. The van der Waals surface area contributed by atoms with Crippen LogP contribution in [0.2, 0.25) is 0 Å². The molecule has 1 unspecified atom stereocenters. The maximum atomic E-state index is 13.7. The van der Waals surface area contributed by atoms with Crippen LogP contribution in [0.25, 0.3) is 0 Å². The first-order valence-electron chi connectivity index (χ1n) is 19.4. The van der Waals surface area contributed by atoms with Gasteiger partial charge >= 0.3 is 17.9 Å². The summed E-state index contributed by atoms with van der Waals surface area (Å²) in [5.74, 6) is 0.0930. The lowest BCUT2D eigenvalue weighted by Crippen LogP contribution is -2.66. The number of carbonyl (C=O) groups excluding carboxylic acids is 3. The number of allylic oxidation sites excluding steroid dienone is 2. The molecule has 0 heterocycles. The molecular formula is C45H58O6. The fourth-order valence-corrected chi connectivity index (χ4v) is 12.6. The van der Waals surface area contributed by atoms with Crippen molar-refractivity contribution in [1.29, 1.82) is 0 Å². The van der Waals surface area contributed by atoms with Gasteiger partial charge < -0.3 is 14.2 Å². The van der Waals surface area contributed by atoms with Crippen LogP contribution in [0.15, 0.2) is 72.3 Å². The first-order chi connectivity index (χ1) is 24.1. The van der Waals surface area contributed by atoms with E-state index >= 15 is 0 Å². The van der Waals surface area contributed by atoms with E-state index in [4.69, 9.17) is 14.2 Å². The van der Waals surface area contributed by atoms with Crippen LogP contribution in [0, 0.1) is 50.2 Å². The Bertz CT molecular complexity index is 1700. The van der Waals surface area contributed by atoms with Gasteiger partial charge in [0.2, 0.25) is 0 Å². The molecule has 0 bridgehead atoms. The van der Waals surface area contributed by atoms with Crippen molar-refractivity contribution in [3.05, 3.63) is 83.4 Å². The molecule has 2 aromatic rings. The summed E-state index contributed by atoms with van der Waals surface area (Å²) in [7, 11) is 1.57. The lowest BCUT2D eigenvalue weighted by atomic mass is 9.33. The van der Waals surface area contributed by atoms with Gasteiger partial charge in [0.1, 0.15) is 12.7 Å². The molecule has 2 aromatic carbocycles. The average molecular weight is 695 g/mol. The molecule has 4 fully saturated rings. The SMILES string of the molecule is COC(=O)[C@]12CCC(C)(C)C[C@@H]1C1=CC[C@@H]3[C@@]4(C)CC[C@H](OC(=O)c5ccccc5)[C@](C)(COC(=O)c5ccccc5)C4CC[C@@]3(C)[C@]1(C)CC2. The third kappa shape index (κ3) is 5.52. The molecule has 7 rings (SSSR count). The van der Waals surface area contributed by atoms with Crippen LogP contribution in [-0.4, -0.2) is 37.7 Å². The second-order valence-corrected chi connectivity index (χ2v) is 18.6. The number of methoxy groups -OCH3 is 1. The molecule has 4 saturated carbocycles. The fraction of sp³-hybridized carbons (Fsp3) is 0.622. The molecule has 5 aliphatic carbocycles. The molecule has 0 N–H and O–H groups in total. The third-order valence-electron chi connectivity index (χ3n) is 15.8. The molecule has 51 heavy (non-hydrogen) atoms. The molecule has 6 nitrogen and oxygen atoms in total. The number of ether oxygens (including phenoxy) is 3.